The zero-order chi connectivity index (χ0) is 24.5. The Morgan fingerprint density at radius 3 is 2.22 bits per heavy atom. The van der Waals surface area contributed by atoms with Crippen LogP contribution >= 0.6 is 0 Å². The summed E-state index contributed by atoms with van der Waals surface area (Å²) in [6.45, 7) is 4.66. The first-order valence-electron chi connectivity index (χ1n) is 13.2. The molecule has 3 aromatic rings. The quantitative estimate of drug-likeness (QED) is 0.527. The Kier molecular flexibility index (Phi) is 6.46. The molecular weight excluding hydrogens is 448 g/mol. The maximum absolute atomic E-state index is 12.2. The Morgan fingerprint density at radius 2 is 1.56 bits per heavy atom. The van der Waals surface area contributed by atoms with Gasteiger partial charge in [0, 0.05) is 23.2 Å². The number of benzene rings is 2. The van der Waals surface area contributed by atoms with Crippen LogP contribution in [0.25, 0.3) is 11.3 Å². The molecule has 3 heterocycles. The molecule has 0 bridgehead atoms. The van der Waals surface area contributed by atoms with Gasteiger partial charge in [-0.15, -0.1) is 0 Å². The van der Waals surface area contributed by atoms with Crippen LogP contribution in [0, 0.1) is 11.8 Å². The van der Waals surface area contributed by atoms with Crippen molar-refractivity contribution in [2.75, 3.05) is 26.2 Å². The summed E-state index contributed by atoms with van der Waals surface area (Å²) in [5.41, 5.74) is 8.77. The highest BCUT2D eigenvalue weighted by Crippen LogP contribution is 2.39. The summed E-state index contributed by atoms with van der Waals surface area (Å²) in [5.74, 6) is 3.23. The van der Waals surface area contributed by atoms with Crippen LogP contribution in [0.1, 0.15) is 47.7 Å². The van der Waals surface area contributed by atoms with Crippen LogP contribution in [0.4, 0.5) is 0 Å². The fraction of sp³-hybridized carbons (Fsp3) is 0.400. The van der Waals surface area contributed by atoms with Gasteiger partial charge >= 0.3 is 0 Å². The number of hydrogen-bond donors (Lipinski definition) is 2. The topological polar surface area (TPSA) is 80.5 Å². The minimum absolute atomic E-state index is 0.408. The predicted molar refractivity (Wildman–Crippen MR) is 141 cm³/mol. The second-order valence-corrected chi connectivity index (χ2v) is 10.5. The zero-order valence-corrected chi connectivity index (χ0v) is 20.6. The highest BCUT2D eigenvalue weighted by Gasteiger charge is 2.40. The van der Waals surface area contributed by atoms with E-state index in [4.69, 9.17) is 15.5 Å². The number of carbonyl (C=O) groups excluding carboxylic acids is 1. The van der Waals surface area contributed by atoms with E-state index in [2.05, 4.69) is 10.2 Å². The number of likely N-dealkylation sites (tertiary alicyclic amines) is 1. The van der Waals surface area contributed by atoms with E-state index in [1.54, 1.807) is 0 Å². The van der Waals surface area contributed by atoms with Gasteiger partial charge in [-0.1, -0.05) is 18.2 Å². The zero-order valence-electron chi connectivity index (χ0n) is 20.6. The molecule has 6 heteroatoms. The Morgan fingerprint density at radius 1 is 0.889 bits per heavy atom. The molecule has 6 rings (SSSR count). The molecule has 1 aromatic heterocycles. The van der Waals surface area contributed by atoms with Gasteiger partial charge in [0.1, 0.15) is 11.5 Å². The third-order valence-corrected chi connectivity index (χ3v) is 8.38. The number of para-hydroxylation sites is 1. The van der Waals surface area contributed by atoms with E-state index in [9.17, 15) is 4.79 Å². The number of ether oxygens (including phenoxy) is 1. The number of carbonyl (C=O) groups is 1. The minimum Gasteiger partial charge on any atom is -0.457 e. The van der Waals surface area contributed by atoms with E-state index >= 15 is 0 Å². The van der Waals surface area contributed by atoms with Crippen molar-refractivity contribution < 1.29 is 9.53 Å². The molecule has 2 saturated heterocycles. The van der Waals surface area contributed by atoms with Crippen molar-refractivity contribution in [3.05, 3.63) is 78.0 Å². The van der Waals surface area contributed by atoms with Crippen molar-refractivity contribution in [3.8, 4) is 22.8 Å². The first-order valence-corrected chi connectivity index (χ1v) is 13.2. The van der Waals surface area contributed by atoms with Crippen LogP contribution in [0.15, 0.2) is 66.7 Å². The number of pyridine rings is 1. The highest BCUT2D eigenvalue weighted by atomic mass is 16.5. The maximum Gasteiger partial charge on any atom is 0.250 e. The Bertz CT molecular complexity index is 1190. The first-order chi connectivity index (χ1) is 17.6. The van der Waals surface area contributed by atoms with Gasteiger partial charge in [0.05, 0.1) is 11.3 Å². The van der Waals surface area contributed by atoms with Crippen molar-refractivity contribution in [1.82, 2.24) is 15.2 Å². The van der Waals surface area contributed by atoms with E-state index in [0.29, 0.717) is 17.2 Å². The third kappa shape index (κ3) is 4.75. The fourth-order valence-corrected chi connectivity index (χ4v) is 6.42. The van der Waals surface area contributed by atoms with Crippen LogP contribution < -0.4 is 15.8 Å². The number of fused-ring (bicyclic) bond motifs is 1. The standard InChI is InChI=1S/C30H34N4O2/c31-30(35)27-10-11-28(20-12-14-34(15-13-20)24-16-22-18-32-19-23(22)17-24)33-29(27)21-6-8-26(9-7-21)36-25-4-2-1-3-5-25/h1-11,20,22-24,32H,12-19H2,(H2,31,35)/t22-,23+,24?. The van der Waals surface area contributed by atoms with Crippen LogP contribution in [0.2, 0.25) is 0 Å². The van der Waals surface area contributed by atoms with E-state index in [0.717, 1.165) is 66.6 Å². The van der Waals surface area contributed by atoms with E-state index in [1.807, 2.05) is 66.7 Å². The monoisotopic (exact) mass is 482 g/mol. The molecule has 3 aliphatic rings. The molecule has 1 unspecified atom stereocenters. The van der Waals surface area contributed by atoms with Gasteiger partial charge in [0.2, 0.25) is 0 Å². The van der Waals surface area contributed by atoms with Gasteiger partial charge in [-0.3, -0.25) is 9.78 Å². The van der Waals surface area contributed by atoms with Crippen molar-refractivity contribution in [2.24, 2.45) is 17.6 Å². The molecule has 2 aliphatic heterocycles. The molecule has 1 amide bonds. The number of nitrogens with two attached hydrogens (primary N) is 1. The first kappa shape index (κ1) is 23.2. The number of hydrogen-bond acceptors (Lipinski definition) is 5. The van der Waals surface area contributed by atoms with Crippen LogP contribution in [0.5, 0.6) is 11.5 Å². The SMILES string of the molecule is NC(=O)c1ccc(C2CCN(C3C[C@H]4CNC[C@H]4C3)CC2)nc1-c1ccc(Oc2ccccc2)cc1. The second kappa shape index (κ2) is 10.0. The number of primary amides is 1. The van der Waals surface area contributed by atoms with Gasteiger partial charge in [-0.05, 0) is 112 Å². The largest absolute Gasteiger partial charge is 0.457 e. The molecule has 0 spiro atoms. The summed E-state index contributed by atoms with van der Waals surface area (Å²) in [6.07, 6.45) is 4.91. The minimum atomic E-state index is -0.454. The molecule has 0 radical (unpaired) electrons. The molecule has 1 aliphatic carbocycles. The number of nitrogens with one attached hydrogen (secondary N) is 1. The maximum atomic E-state index is 12.2. The van der Waals surface area contributed by atoms with Gasteiger partial charge < -0.3 is 20.7 Å². The third-order valence-electron chi connectivity index (χ3n) is 8.38. The second-order valence-electron chi connectivity index (χ2n) is 10.5. The molecule has 3 fully saturated rings. The highest BCUT2D eigenvalue weighted by molar-refractivity contribution is 5.98. The van der Waals surface area contributed by atoms with E-state index in [1.165, 1.54) is 25.9 Å². The summed E-state index contributed by atoms with van der Waals surface area (Å²) in [6, 6.07) is 22.0. The molecular formula is C30H34N4O2. The molecule has 2 aromatic carbocycles. The molecule has 3 atom stereocenters. The molecule has 1 saturated carbocycles. The van der Waals surface area contributed by atoms with Crippen molar-refractivity contribution in [1.29, 1.82) is 0 Å². The lowest BCUT2D eigenvalue weighted by atomic mass is 9.91. The average molecular weight is 483 g/mol. The van der Waals surface area contributed by atoms with Crippen LogP contribution in [-0.4, -0.2) is 48.0 Å². The molecule has 3 N–H and O–H groups in total. The molecule has 36 heavy (non-hydrogen) atoms. The summed E-state index contributed by atoms with van der Waals surface area (Å²) >= 11 is 0. The number of rotatable bonds is 6. The summed E-state index contributed by atoms with van der Waals surface area (Å²) in [4.78, 5) is 19.9. The Labute approximate surface area is 212 Å². The number of nitrogens with zero attached hydrogens (tertiary/aromatic N) is 2. The smallest absolute Gasteiger partial charge is 0.250 e. The number of amides is 1. The summed E-state index contributed by atoms with van der Waals surface area (Å²) in [5, 5.41) is 3.55. The van der Waals surface area contributed by atoms with E-state index in [-0.39, 0.29) is 0 Å². The van der Waals surface area contributed by atoms with Crippen molar-refractivity contribution >= 4 is 5.91 Å². The van der Waals surface area contributed by atoms with Gasteiger partial charge in [-0.25, -0.2) is 0 Å². The van der Waals surface area contributed by atoms with Crippen molar-refractivity contribution in [3.63, 3.8) is 0 Å². The fourth-order valence-electron chi connectivity index (χ4n) is 6.42. The molecule has 186 valence electrons. The number of piperidine rings is 1. The van der Waals surface area contributed by atoms with Gasteiger partial charge in [-0.2, -0.15) is 0 Å². The van der Waals surface area contributed by atoms with Gasteiger partial charge in [0.25, 0.3) is 5.91 Å². The predicted octanol–water partition coefficient (Wildman–Crippen LogP) is 4.82. The lowest BCUT2D eigenvalue weighted by Crippen LogP contribution is -2.40. The van der Waals surface area contributed by atoms with E-state index < -0.39 is 5.91 Å². The van der Waals surface area contributed by atoms with Crippen LogP contribution in [0.3, 0.4) is 0 Å². The Balaban J connectivity index is 1.16. The summed E-state index contributed by atoms with van der Waals surface area (Å²) in [7, 11) is 0. The lowest BCUT2D eigenvalue weighted by Gasteiger charge is -2.36. The van der Waals surface area contributed by atoms with Crippen LogP contribution in [-0.2, 0) is 0 Å². The normalized spacial score (nSPS) is 24.5. The Hall–Kier alpha value is -3.22. The lowest BCUT2D eigenvalue weighted by molar-refractivity contribution is 0.100. The van der Waals surface area contributed by atoms with Crippen molar-refractivity contribution in [2.45, 2.75) is 37.6 Å². The molecule has 6 nitrogen and oxygen atoms in total. The van der Waals surface area contributed by atoms with Gasteiger partial charge in [0.15, 0.2) is 0 Å². The summed E-state index contributed by atoms with van der Waals surface area (Å²) < 4.78 is 5.92. The average Bonchev–Trinajstić information content (AvgIpc) is 3.52. The number of aromatic nitrogens is 1.